The van der Waals surface area contributed by atoms with Gasteiger partial charge < -0.3 is 10.4 Å². The number of nitrogens with one attached hydrogen (secondary N) is 1. The van der Waals surface area contributed by atoms with Crippen LogP contribution in [0.15, 0.2) is 0 Å². The first-order valence-electron chi connectivity index (χ1n) is 8.06. The maximum Gasteiger partial charge on any atom is 0.137 e. The Kier molecular flexibility index (Phi) is 6.24. The molecule has 2 rings (SSSR count). The Morgan fingerprint density at radius 2 is 2.05 bits per heavy atom. The van der Waals surface area contributed by atoms with Crippen LogP contribution in [0.5, 0.6) is 0 Å². The first-order chi connectivity index (χ1) is 10.1. The summed E-state index contributed by atoms with van der Waals surface area (Å²) in [5, 5.41) is 13.9. The Balaban J connectivity index is 1.82. The van der Waals surface area contributed by atoms with Gasteiger partial charge in [0.15, 0.2) is 0 Å². The van der Waals surface area contributed by atoms with Crippen molar-refractivity contribution in [2.45, 2.75) is 64.9 Å². The third-order valence-electron chi connectivity index (χ3n) is 4.36. The van der Waals surface area contributed by atoms with Crippen molar-refractivity contribution in [1.82, 2.24) is 9.97 Å². The van der Waals surface area contributed by atoms with Gasteiger partial charge in [-0.2, -0.15) is 0 Å². The zero-order valence-corrected chi connectivity index (χ0v) is 13.8. The fourth-order valence-electron chi connectivity index (χ4n) is 2.96. The molecule has 5 heteroatoms. The van der Waals surface area contributed by atoms with Crippen molar-refractivity contribution >= 4 is 17.4 Å². The van der Waals surface area contributed by atoms with Crippen LogP contribution in [0, 0.1) is 12.8 Å². The second-order valence-corrected chi connectivity index (χ2v) is 6.30. The number of aliphatic hydroxyl groups is 1. The number of aryl methyl sites for hydroxylation is 1. The summed E-state index contributed by atoms with van der Waals surface area (Å²) >= 11 is 6.13. The Morgan fingerprint density at radius 3 is 2.76 bits per heavy atom. The van der Waals surface area contributed by atoms with Gasteiger partial charge in [-0.1, -0.05) is 31.4 Å². The van der Waals surface area contributed by atoms with Gasteiger partial charge in [0.2, 0.25) is 0 Å². The highest BCUT2D eigenvalue weighted by molar-refractivity contribution is 6.30. The molecule has 2 unspecified atom stereocenters. The van der Waals surface area contributed by atoms with E-state index in [4.69, 9.17) is 11.6 Å². The van der Waals surface area contributed by atoms with E-state index in [1.54, 1.807) is 0 Å². The quantitative estimate of drug-likeness (QED) is 0.620. The molecule has 1 fully saturated rings. The van der Waals surface area contributed by atoms with Crippen molar-refractivity contribution in [2.75, 3.05) is 11.9 Å². The summed E-state index contributed by atoms with van der Waals surface area (Å²) in [5.74, 6) is 2.09. The van der Waals surface area contributed by atoms with E-state index in [0.717, 1.165) is 49.4 Å². The number of aromatic nitrogens is 2. The summed E-state index contributed by atoms with van der Waals surface area (Å²) in [4.78, 5) is 8.74. The van der Waals surface area contributed by atoms with E-state index in [2.05, 4.69) is 15.3 Å². The van der Waals surface area contributed by atoms with Gasteiger partial charge in [0, 0.05) is 18.5 Å². The lowest BCUT2D eigenvalue weighted by atomic mass is 9.83. The highest BCUT2D eigenvalue weighted by Gasteiger charge is 2.22. The van der Waals surface area contributed by atoms with Gasteiger partial charge in [-0.25, -0.2) is 9.97 Å². The minimum atomic E-state index is -0.0966. The minimum absolute atomic E-state index is 0.0966. The maximum atomic E-state index is 9.98. The molecule has 0 spiro atoms. The molecule has 4 nitrogen and oxygen atoms in total. The largest absolute Gasteiger partial charge is 0.393 e. The van der Waals surface area contributed by atoms with E-state index in [1.165, 1.54) is 19.3 Å². The van der Waals surface area contributed by atoms with Crippen molar-refractivity contribution in [1.29, 1.82) is 0 Å². The van der Waals surface area contributed by atoms with E-state index in [1.807, 2.05) is 13.8 Å². The number of anilines is 1. The zero-order valence-electron chi connectivity index (χ0n) is 13.0. The molecule has 118 valence electrons. The molecule has 0 saturated heterocycles. The number of rotatable bonds is 6. The topological polar surface area (TPSA) is 58.0 Å². The van der Waals surface area contributed by atoms with E-state index < -0.39 is 0 Å². The van der Waals surface area contributed by atoms with E-state index >= 15 is 0 Å². The molecule has 0 aromatic carbocycles. The normalized spacial score (nSPS) is 22.3. The predicted octanol–water partition coefficient (Wildman–Crippen LogP) is 3.74. The van der Waals surface area contributed by atoms with E-state index in [0.29, 0.717) is 11.1 Å². The Hall–Kier alpha value is -0.870. The third-order valence-corrected chi connectivity index (χ3v) is 4.73. The zero-order chi connectivity index (χ0) is 15.2. The lowest BCUT2D eigenvalue weighted by molar-refractivity contribution is 0.0648. The molecule has 0 radical (unpaired) electrons. The number of nitrogens with zero attached hydrogens (tertiary/aromatic N) is 2. The molecular formula is C16H26ClN3O. The molecule has 1 aliphatic carbocycles. The average molecular weight is 312 g/mol. The van der Waals surface area contributed by atoms with Crippen LogP contribution in [0.4, 0.5) is 5.82 Å². The highest BCUT2D eigenvalue weighted by atomic mass is 35.5. The standard InChI is InChI=1S/C16H26ClN3O/c1-3-14-19-15(17)11(2)16(20-14)18-10-6-8-12-7-4-5-9-13(12)21/h12-13,21H,3-10H2,1-2H3,(H,18,19,20). The van der Waals surface area contributed by atoms with Crippen LogP contribution in [0.2, 0.25) is 5.15 Å². The highest BCUT2D eigenvalue weighted by Crippen LogP contribution is 2.28. The first-order valence-corrected chi connectivity index (χ1v) is 8.44. The van der Waals surface area contributed by atoms with Crippen LogP contribution in [-0.2, 0) is 6.42 Å². The number of aliphatic hydroxyl groups excluding tert-OH is 1. The summed E-state index contributed by atoms with van der Waals surface area (Å²) < 4.78 is 0. The summed E-state index contributed by atoms with van der Waals surface area (Å²) in [6.45, 7) is 4.82. The Labute approximate surface area is 132 Å². The van der Waals surface area contributed by atoms with Crippen LogP contribution in [0.1, 0.15) is 56.8 Å². The SMILES string of the molecule is CCc1nc(Cl)c(C)c(NCCCC2CCCCC2O)n1. The van der Waals surface area contributed by atoms with Crippen LogP contribution in [0.3, 0.4) is 0 Å². The predicted molar refractivity (Wildman–Crippen MR) is 86.8 cm³/mol. The molecule has 21 heavy (non-hydrogen) atoms. The van der Waals surface area contributed by atoms with Crippen molar-refractivity contribution in [2.24, 2.45) is 5.92 Å². The molecule has 0 amide bonds. The molecule has 2 N–H and O–H groups in total. The molecule has 1 aromatic heterocycles. The lowest BCUT2D eigenvalue weighted by Crippen LogP contribution is -2.24. The van der Waals surface area contributed by atoms with Gasteiger partial charge >= 0.3 is 0 Å². The third kappa shape index (κ3) is 4.55. The van der Waals surface area contributed by atoms with Gasteiger partial charge in [0.05, 0.1) is 6.10 Å². The van der Waals surface area contributed by atoms with Gasteiger partial charge in [-0.15, -0.1) is 0 Å². The van der Waals surface area contributed by atoms with Gasteiger partial charge in [0.1, 0.15) is 16.8 Å². The molecule has 0 bridgehead atoms. The van der Waals surface area contributed by atoms with Crippen molar-refractivity contribution < 1.29 is 5.11 Å². The summed E-state index contributed by atoms with van der Waals surface area (Å²) in [7, 11) is 0. The minimum Gasteiger partial charge on any atom is -0.393 e. The molecular weight excluding hydrogens is 286 g/mol. The monoisotopic (exact) mass is 311 g/mol. The summed E-state index contributed by atoms with van der Waals surface area (Å²) in [6, 6.07) is 0. The average Bonchev–Trinajstić information content (AvgIpc) is 2.49. The van der Waals surface area contributed by atoms with E-state index in [9.17, 15) is 5.11 Å². The fraction of sp³-hybridized carbons (Fsp3) is 0.750. The summed E-state index contributed by atoms with van der Waals surface area (Å²) in [5.41, 5.74) is 0.909. The van der Waals surface area contributed by atoms with Crippen molar-refractivity contribution in [3.8, 4) is 0 Å². The van der Waals surface area contributed by atoms with Gasteiger partial charge in [-0.3, -0.25) is 0 Å². The van der Waals surface area contributed by atoms with Crippen LogP contribution < -0.4 is 5.32 Å². The molecule has 0 aliphatic heterocycles. The molecule has 1 aromatic rings. The van der Waals surface area contributed by atoms with Crippen LogP contribution in [-0.4, -0.2) is 27.7 Å². The number of hydrogen-bond donors (Lipinski definition) is 2. The molecule has 1 heterocycles. The molecule has 1 saturated carbocycles. The number of hydrogen-bond acceptors (Lipinski definition) is 4. The van der Waals surface area contributed by atoms with Crippen molar-refractivity contribution in [3.63, 3.8) is 0 Å². The molecule has 2 atom stereocenters. The second kappa shape index (κ2) is 7.95. The van der Waals surface area contributed by atoms with Crippen LogP contribution >= 0.6 is 11.6 Å². The lowest BCUT2D eigenvalue weighted by Gasteiger charge is -2.27. The Morgan fingerprint density at radius 1 is 1.29 bits per heavy atom. The van der Waals surface area contributed by atoms with Crippen molar-refractivity contribution in [3.05, 3.63) is 16.5 Å². The Bertz CT molecular complexity index is 467. The van der Waals surface area contributed by atoms with Crippen LogP contribution in [0.25, 0.3) is 0 Å². The summed E-state index contributed by atoms with van der Waals surface area (Å²) in [6.07, 6.45) is 7.38. The second-order valence-electron chi connectivity index (χ2n) is 5.94. The fourth-order valence-corrected chi connectivity index (χ4v) is 3.15. The molecule has 1 aliphatic rings. The van der Waals surface area contributed by atoms with E-state index in [-0.39, 0.29) is 6.10 Å². The van der Waals surface area contributed by atoms with Gasteiger partial charge in [0.25, 0.3) is 0 Å². The smallest absolute Gasteiger partial charge is 0.137 e. The maximum absolute atomic E-state index is 9.98. The van der Waals surface area contributed by atoms with Gasteiger partial charge in [-0.05, 0) is 38.5 Å². The number of halogens is 1. The first kappa shape index (κ1) is 16.5.